The number of carbonyl (C=O) groups excluding carboxylic acids is 2. The number of imidazole rings is 1. The van der Waals surface area contributed by atoms with Crippen LogP contribution in [0.25, 0.3) is 5.52 Å². The summed E-state index contributed by atoms with van der Waals surface area (Å²) in [4.78, 5) is 29.7. The minimum atomic E-state index is -0.339. The Kier molecular flexibility index (Phi) is 3.95. The van der Waals surface area contributed by atoms with Gasteiger partial charge in [-0.3, -0.25) is 14.0 Å². The second kappa shape index (κ2) is 6.29. The number of nitrogens with one attached hydrogen (secondary N) is 2. The monoisotopic (exact) mass is 348 g/mol. The van der Waals surface area contributed by atoms with Gasteiger partial charge in [0.25, 0.3) is 11.8 Å². The highest BCUT2D eigenvalue weighted by Gasteiger charge is 2.27. The maximum Gasteiger partial charge on any atom is 0.292 e. The Labute approximate surface area is 151 Å². The van der Waals surface area contributed by atoms with E-state index in [1.165, 1.54) is 0 Å². The van der Waals surface area contributed by atoms with Crippen LogP contribution in [-0.4, -0.2) is 27.2 Å². The molecule has 26 heavy (non-hydrogen) atoms. The predicted octanol–water partition coefficient (Wildman–Crippen LogP) is 3.10. The lowest BCUT2D eigenvalue weighted by atomic mass is 10.1. The first-order valence-electron chi connectivity index (χ1n) is 8.70. The van der Waals surface area contributed by atoms with Gasteiger partial charge in [0.1, 0.15) is 0 Å². The van der Waals surface area contributed by atoms with Crippen LogP contribution >= 0.6 is 0 Å². The molecule has 1 aliphatic rings. The zero-order valence-electron chi connectivity index (χ0n) is 14.7. The van der Waals surface area contributed by atoms with Crippen molar-refractivity contribution in [1.82, 2.24) is 14.7 Å². The fourth-order valence-electron chi connectivity index (χ4n) is 3.03. The van der Waals surface area contributed by atoms with E-state index < -0.39 is 0 Å². The molecule has 0 bridgehead atoms. The molecule has 6 nitrogen and oxygen atoms in total. The Bertz CT molecular complexity index is 998. The second-order valence-electron chi connectivity index (χ2n) is 6.71. The van der Waals surface area contributed by atoms with E-state index in [-0.39, 0.29) is 29.4 Å². The van der Waals surface area contributed by atoms with Crippen LogP contribution < -0.4 is 10.6 Å². The summed E-state index contributed by atoms with van der Waals surface area (Å²) in [5, 5.41) is 5.87. The third kappa shape index (κ3) is 2.94. The molecule has 0 aliphatic heterocycles. The molecule has 0 unspecified atom stereocenters. The third-order valence-electron chi connectivity index (χ3n) is 4.60. The van der Waals surface area contributed by atoms with Gasteiger partial charge in [-0.25, -0.2) is 4.98 Å². The number of carbonyl (C=O) groups is 2. The molecule has 2 heterocycles. The SMILES string of the molecule is Cc1cccc(C)c1NC(=O)c1nc(C(=O)NC2CC2)c2ccccn12. The van der Waals surface area contributed by atoms with Crippen LogP contribution in [0.2, 0.25) is 0 Å². The third-order valence-corrected chi connectivity index (χ3v) is 4.60. The standard InChI is InChI=1S/C20H20N4O2/c1-12-6-5-7-13(2)16(12)23-20(26)18-22-17(19(25)21-14-9-10-14)15-8-3-4-11-24(15)18/h3-8,11,14H,9-10H2,1-2H3,(H,21,25)(H,23,26). The van der Waals surface area contributed by atoms with Crippen molar-refractivity contribution in [2.75, 3.05) is 5.32 Å². The van der Waals surface area contributed by atoms with Crippen molar-refractivity contribution >= 4 is 23.0 Å². The molecule has 2 aromatic heterocycles. The molecule has 0 atom stereocenters. The predicted molar refractivity (Wildman–Crippen MR) is 99.5 cm³/mol. The molecule has 1 aliphatic carbocycles. The average Bonchev–Trinajstić information content (AvgIpc) is 3.35. The van der Waals surface area contributed by atoms with Crippen molar-refractivity contribution in [3.8, 4) is 0 Å². The van der Waals surface area contributed by atoms with E-state index in [0.29, 0.717) is 5.52 Å². The van der Waals surface area contributed by atoms with Crippen LogP contribution in [0.4, 0.5) is 5.69 Å². The summed E-state index contributed by atoms with van der Waals surface area (Å²) in [5.74, 6) is -0.374. The largest absolute Gasteiger partial charge is 0.348 e. The van der Waals surface area contributed by atoms with Crippen molar-refractivity contribution < 1.29 is 9.59 Å². The van der Waals surface area contributed by atoms with Crippen molar-refractivity contribution in [2.45, 2.75) is 32.7 Å². The topological polar surface area (TPSA) is 75.5 Å². The van der Waals surface area contributed by atoms with Gasteiger partial charge in [0.05, 0.1) is 5.52 Å². The first kappa shape index (κ1) is 16.3. The lowest BCUT2D eigenvalue weighted by Gasteiger charge is -2.10. The fourth-order valence-corrected chi connectivity index (χ4v) is 3.03. The van der Waals surface area contributed by atoms with Crippen LogP contribution in [0, 0.1) is 13.8 Å². The second-order valence-corrected chi connectivity index (χ2v) is 6.71. The molecule has 2 N–H and O–H groups in total. The molecular formula is C20H20N4O2. The highest BCUT2D eigenvalue weighted by atomic mass is 16.2. The number of pyridine rings is 1. The molecule has 0 saturated heterocycles. The first-order valence-corrected chi connectivity index (χ1v) is 8.70. The number of para-hydroxylation sites is 1. The van der Waals surface area contributed by atoms with E-state index in [1.807, 2.05) is 44.2 Å². The van der Waals surface area contributed by atoms with E-state index in [0.717, 1.165) is 29.7 Å². The summed E-state index contributed by atoms with van der Waals surface area (Å²) < 4.78 is 1.66. The summed E-state index contributed by atoms with van der Waals surface area (Å²) in [5.41, 5.74) is 3.63. The summed E-state index contributed by atoms with van der Waals surface area (Å²) in [7, 11) is 0. The highest BCUT2D eigenvalue weighted by molar-refractivity contribution is 6.06. The van der Waals surface area contributed by atoms with Gasteiger partial charge in [0.15, 0.2) is 5.69 Å². The zero-order valence-corrected chi connectivity index (χ0v) is 14.7. The molecule has 3 aromatic rings. The maximum absolute atomic E-state index is 12.9. The molecule has 1 saturated carbocycles. The number of benzene rings is 1. The van der Waals surface area contributed by atoms with Crippen LogP contribution in [-0.2, 0) is 0 Å². The molecule has 1 fully saturated rings. The van der Waals surface area contributed by atoms with Gasteiger partial charge in [-0.2, -0.15) is 0 Å². The normalized spacial score (nSPS) is 13.6. The lowest BCUT2D eigenvalue weighted by Crippen LogP contribution is -2.26. The summed E-state index contributed by atoms with van der Waals surface area (Å²) in [6, 6.07) is 11.5. The van der Waals surface area contributed by atoms with Gasteiger partial charge in [0, 0.05) is 17.9 Å². The smallest absolute Gasteiger partial charge is 0.292 e. The van der Waals surface area contributed by atoms with Gasteiger partial charge in [-0.1, -0.05) is 24.3 Å². The van der Waals surface area contributed by atoms with Gasteiger partial charge in [0.2, 0.25) is 5.82 Å². The van der Waals surface area contributed by atoms with Crippen molar-refractivity contribution in [2.24, 2.45) is 0 Å². The Morgan fingerprint density at radius 3 is 2.46 bits per heavy atom. The number of hydrogen-bond donors (Lipinski definition) is 2. The van der Waals surface area contributed by atoms with E-state index >= 15 is 0 Å². The molecule has 2 amide bonds. The molecule has 4 rings (SSSR count). The molecule has 132 valence electrons. The number of hydrogen-bond acceptors (Lipinski definition) is 3. The minimum absolute atomic E-state index is 0.198. The Morgan fingerprint density at radius 2 is 1.77 bits per heavy atom. The van der Waals surface area contributed by atoms with Crippen LogP contribution in [0.3, 0.4) is 0 Å². The summed E-state index contributed by atoms with van der Waals surface area (Å²) in [6.07, 6.45) is 3.74. The lowest BCUT2D eigenvalue weighted by molar-refractivity contribution is 0.0948. The average molecular weight is 348 g/mol. The van der Waals surface area contributed by atoms with Crippen molar-refractivity contribution in [3.05, 3.63) is 65.2 Å². The van der Waals surface area contributed by atoms with E-state index in [4.69, 9.17) is 0 Å². The van der Waals surface area contributed by atoms with E-state index in [9.17, 15) is 9.59 Å². The minimum Gasteiger partial charge on any atom is -0.348 e. The quantitative estimate of drug-likeness (QED) is 0.761. The van der Waals surface area contributed by atoms with E-state index in [1.54, 1.807) is 16.7 Å². The highest BCUT2D eigenvalue weighted by Crippen LogP contribution is 2.22. The number of fused-ring (bicyclic) bond motifs is 1. The van der Waals surface area contributed by atoms with Gasteiger partial charge in [-0.05, 0) is 49.9 Å². The number of anilines is 1. The Balaban J connectivity index is 1.71. The Hall–Kier alpha value is -3.15. The molecule has 6 heteroatoms. The number of aryl methyl sites for hydroxylation is 2. The molecule has 0 radical (unpaired) electrons. The van der Waals surface area contributed by atoms with Crippen LogP contribution in [0.5, 0.6) is 0 Å². The number of aromatic nitrogens is 2. The van der Waals surface area contributed by atoms with Gasteiger partial charge in [-0.15, -0.1) is 0 Å². The zero-order chi connectivity index (χ0) is 18.3. The van der Waals surface area contributed by atoms with Crippen LogP contribution in [0.1, 0.15) is 45.1 Å². The van der Waals surface area contributed by atoms with Crippen LogP contribution in [0.15, 0.2) is 42.6 Å². The molecule has 1 aromatic carbocycles. The number of amides is 2. The van der Waals surface area contributed by atoms with Crippen molar-refractivity contribution in [3.63, 3.8) is 0 Å². The van der Waals surface area contributed by atoms with Crippen molar-refractivity contribution in [1.29, 1.82) is 0 Å². The Morgan fingerprint density at radius 1 is 1.04 bits per heavy atom. The first-order chi connectivity index (χ1) is 12.5. The summed E-state index contributed by atoms with van der Waals surface area (Å²) >= 11 is 0. The number of rotatable bonds is 4. The van der Waals surface area contributed by atoms with E-state index in [2.05, 4.69) is 15.6 Å². The fraction of sp³-hybridized carbons (Fsp3) is 0.250. The van der Waals surface area contributed by atoms with Gasteiger partial charge >= 0.3 is 0 Å². The molecule has 0 spiro atoms. The number of nitrogens with zero attached hydrogens (tertiary/aromatic N) is 2. The van der Waals surface area contributed by atoms with Gasteiger partial charge < -0.3 is 10.6 Å². The maximum atomic E-state index is 12.9. The molecular weight excluding hydrogens is 328 g/mol. The summed E-state index contributed by atoms with van der Waals surface area (Å²) in [6.45, 7) is 3.89.